The third kappa shape index (κ3) is 4.99. The smallest absolute Gasteiger partial charge is 0.234 e. The lowest BCUT2D eigenvalue weighted by Gasteiger charge is -2.16. The number of nitrogens with zero attached hydrogens (tertiary/aromatic N) is 2. The van der Waals surface area contributed by atoms with Crippen LogP contribution in [0.1, 0.15) is 19.4 Å². The molecule has 2 amide bonds. The monoisotopic (exact) mass is 338 g/mol. The molecular weight excluding hydrogens is 316 g/mol. The number of hydrogen-bond donors (Lipinski definition) is 2. The number of nitrogens with one attached hydrogen (secondary N) is 1. The molecule has 3 N–H and O–H groups in total. The molecular formula is C19H22N4O2. The number of carbonyl (C=O) groups excluding carboxylic acids is 2. The summed E-state index contributed by atoms with van der Waals surface area (Å²) >= 11 is 0. The van der Waals surface area contributed by atoms with Crippen molar-refractivity contribution in [3.63, 3.8) is 0 Å². The van der Waals surface area contributed by atoms with E-state index in [9.17, 15) is 9.59 Å². The highest BCUT2D eigenvalue weighted by Crippen LogP contribution is 2.15. The van der Waals surface area contributed by atoms with Crippen LogP contribution in [0.15, 0.2) is 59.7 Å². The van der Waals surface area contributed by atoms with E-state index in [4.69, 9.17) is 5.73 Å². The lowest BCUT2D eigenvalue weighted by Crippen LogP contribution is -2.28. The van der Waals surface area contributed by atoms with Crippen molar-refractivity contribution in [1.29, 1.82) is 0 Å². The van der Waals surface area contributed by atoms with Crippen molar-refractivity contribution in [3.8, 4) is 0 Å². The van der Waals surface area contributed by atoms with Gasteiger partial charge in [0.25, 0.3) is 0 Å². The van der Waals surface area contributed by atoms with Crippen LogP contribution in [0.5, 0.6) is 0 Å². The van der Waals surface area contributed by atoms with Crippen LogP contribution >= 0.6 is 0 Å². The quantitative estimate of drug-likeness (QED) is 0.462. The summed E-state index contributed by atoms with van der Waals surface area (Å²) in [6.45, 7) is 3.88. The molecule has 0 aliphatic rings. The summed E-state index contributed by atoms with van der Waals surface area (Å²) in [4.78, 5) is 23.7. The summed E-state index contributed by atoms with van der Waals surface area (Å²) in [5, 5.41) is 8.33. The average Bonchev–Trinajstić information content (AvgIpc) is 2.66. The molecule has 0 saturated carbocycles. The molecule has 0 aliphatic carbocycles. The first-order valence-corrected chi connectivity index (χ1v) is 7.99. The normalized spacial score (nSPS) is 12.4. The predicted octanol–water partition coefficient (Wildman–Crippen LogP) is 2.76. The van der Waals surface area contributed by atoms with Crippen molar-refractivity contribution in [2.75, 3.05) is 10.3 Å². The van der Waals surface area contributed by atoms with Gasteiger partial charge in [-0.3, -0.25) is 9.59 Å². The van der Waals surface area contributed by atoms with Gasteiger partial charge in [-0.1, -0.05) is 30.3 Å². The maximum Gasteiger partial charge on any atom is 0.234 e. The van der Waals surface area contributed by atoms with Crippen LogP contribution in [0.4, 0.5) is 11.4 Å². The van der Waals surface area contributed by atoms with E-state index in [1.54, 1.807) is 32.0 Å². The second kappa shape index (κ2) is 8.75. The Labute approximate surface area is 147 Å². The second-order valence-electron chi connectivity index (χ2n) is 5.64. The van der Waals surface area contributed by atoms with Gasteiger partial charge in [-0.25, -0.2) is 5.01 Å². The topological polar surface area (TPSA) is 87.8 Å². The van der Waals surface area contributed by atoms with Crippen molar-refractivity contribution in [2.45, 2.75) is 20.4 Å². The van der Waals surface area contributed by atoms with E-state index in [2.05, 4.69) is 10.4 Å². The molecule has 1 unspecified atom stereocenters. The van der Waals surface area contributed by atoms with E-state index >= 15 is 0 Å². The van der Waals surface area contributed by atoms with Crippen molar-refractivity contribution in [1.82, 2.24) is 0 Å². The highest BCUT2D eigenvalue weighted by Gasteiger charge is 2.18. The number of hydrazone groups is 1. The van der Waals surface area contributed by atoms with Crippen LogP contribution in [0.25, 0.3) is 0 Å². The number of nitrogens with two attached hydrogens (primary N) is 1. The zero-order valence-corrected chi connectivity index (χ0v) is 14.3. The van der Waals surface area contributed by atoms with E-state index in [1.807, 2.05) is 36.4 Å². The first kappa shape index (κ1) is 18.4. The van der Waals surface area contributed by atoms with Crippen LogP contribution < -0.4 is 16.1 Å². The third-order valence-electron chi connectivity index (χ3n) is 3.84. The van der Waals surface area contributed by atoms with Gasteiger partial charge < -0.3 is 11.1 Å². The fourth-order valence-corrected chi connectivity index (χ4v) is 2.20. The van der Waals surface area contributed by atoms with Crippen LogP contribution in [0.3, 0.4) is 0 Å². The molecule has 0 aromatic heterocycles. The Bertz CT molecular complexity index is 759. The first-order valence-electron chi connectivity index (χ1n) is 7.99. The summed E-state index contributed by atoms with van der Waals surface area (Å²) < 4.78 is 0. The van der Waals surface area contributed by atoms with Gasteiger partial charge in [0.2, 0.25) is 12.3 Å². The Balaban J connectivity index is 2.10. The minimum Gasteiger partial charge on any atom is -0.326 e. The van der Waals surface area contributed by atoms with Gasteiger partial charge in [0, 0.05) is 17.9 Å². The SMILES string of the molecule is C/C(=N/N(C=O)c1ccccc1)C(C)C(=O)Nc1cccc(CN)c1. The van der Waals surface area contributed by atoms with E-state index in [0.717, 1.165) is 5.56 Å². The van der Waals surface area contributed by atoms with E-state index in [1.165, 1.54) is 5.01 Å². The predicted molar refractivity (Wildman–Crippen MR) is 100 cm³/mol. The third-order valence-corrected chi connectivity index (χ3v) is 3.84. The van der Waals surface area contributed by atoms with Crippen molar-refractivity contribution in [2.24, 2.45) is 16.8 Å². The van der Waals surface area contributed by atoms with Crippen LogP contribution in [-0.4, -0.2) is 18.0 Å². The van der Waals surface area contributed by atoms with Crippen molar-refractivity contribution in [3.05, 3.63) is 60.2 Å². The molecule has 0 saturated heterocycles. The maximum atomic E-state index is 12.4. The molecule has 6 nitrogen and oxygen atoms in total. The Hall–Kier alpha value is -2.99. The van der Waals surface area contributed by atoms with Gasteiger partial charge in [-0.2, -0.15) is 5.10 Å². The van der Waals surface area contributed by atoms with Crippen molar-refractivity contribution >= 4 is 29.4 Å². The Morgan fingerprint density at radius 2 is 1.96 bits per heavy atom. The Morgan fingerprint density at radius 3 is 2.60 bits per heavy atom. The van der Waals surface area contributed by atoms with E-state index in [-0.39, 0.29) is 5.91 Å². The zero-order valence-electron chi connectivity index (χ0n) is 14.3. The molecule has 130 valence electrons. The van der Waals surface area contributed by atoms with Crippen molar-refractivity contribution < 1.29 is 9.59 Å². The van der Waals surface area contributed by atoms with E-state index < -0.39 is 5.92 Å². The molecule has 0 bridgehead atoms. The molecule has 2 rings (SSSR count). The maximum absolute atomic E-state index is 12.4. The summed E-state index contributed by atoms with van der Waals surface area (Å²) in [5.41, 5.74) is 8.40. The zero-order chi connectivity index (χ0) is 18.2. The molecule has 0 radical (unpaired) electrons. The molecule has 0 heterocycles. The molecule has 2 aromatic rings. The number of hydrogen-bond acceptors (Lipinski definition) is 4. The minimum absolute atomic E-state index is 0.200. The number of rotatable bonds is 7. The highest BCUT2D eigenvalue weighted by molar-refractivity contribution is 6.08. The van der Waals surface area contributed by atoms with Gasteiger partial charge in [0.05, 0.1) is 11.6 Å². The van der Waals surface area contributed by atoms with Crippen LogP contribution in [-0.2, 0) is 16.1 Å². The number of para-hydroxylation sites is 1. The van der Waals surface area contributed by atoms with E-state index in [0.29, 0.717) is 30.0 Å². The van der Waals surface area contributed by atoms with Gasteiger partial charge >= 0.3 is 0 Å². The molecule has 0 spiro atoms. The Morgan fingerprint density at radius 1 is 1.24 bits per heavy atom. The number of amides is 2. The van der Waals surface area contributed by atoms with Gasteiger partial charge in [0.15, 0.2) is 0 Å². The summed E-state index contributed by atoms with van der Waals surface area (Å²) in [6.07, 6.45) is 0.619. The Kier molecular flexibility index (Phi) is 6.42. The molecule has 1 atom stereocenters. The average molecular weight is 338 g/mol. The van der Waals surface area contributed by atoms with Gasteiger partial charge in [-0.05, 0) is 43.7 Å². The number of anilines is 2. The molecule has 0 aliphatic heterocycles. The number of benzene rings is 2. The number of carbonyl (C=O) groups is 2. The second-order valence-corrected chi connectivity index (χ2v) is 5.64. The van der Waals surface area contributed by atoms with Crippen LogP contribution in [0, 0.1) is 5.92 Å². The summed E-state index contributed by atoms with van der Waals surface area (Å²) in [5.74, 6) is -0.693. The largest absolute Gasteiger partial charge is 0.326 e. The van der Waals surface area contributed by atoms with Gasteiger partial charge in [0.1, 0.15) is 0 Å². The van der Waals surface area contributed by atoms with Gasteiger partial charge in [-0.15, -0.1) is 0 Å². The summed E-state index contributed by atoms with van der Waals surface area (Å²) in [6, 6.07) is 16.4. The fourth-order valence-electron chi connectivity index (χ4n) is 2.20. The highest BCUT2D eigenvalue weighted by atomic mass is 16.2. The molecule has 0 fully saturated rings. The summed E-state index contributed by atoms with van der Waals surface area (Å²) in [7, 11) is 0. The standard InChI is InChI=1S/C19H22N4O2/c1-14(19(25)21-17-8-6-7-16(11-17)12-20)15(2)22-23(13-24)18-9-4-3-5-10-18/h3-11,13-14H,12,20H2,1-2H3,(H,21,25)/b22-15-. The first-order chi connectivity index (χ1) is 12.0. The fraction of sp³-hybridized carbons (Fsp3) is 0.211. The molecule has 25 heavy (non-hydrogen) atoms. The molecule has 2 aromatic carbocycles. The lowest BCUT2D eigenvalue weighted by atomic mass is 10.1. The van der Waals surface area contributed by atoms with Crippen LogP contribution in [0.2, 0.25) is 0 Å². The molecule has 6 heteroatoms. The lowest BCUT2D eigenvalue weighted by molar-refractivity contribution is -0.117. The minimum atomic E-state index is -0.493.